The zero-order valence-corrected chi connectivity index (χ0v) is 8.97. The number of esters is 1. The summed E-state index contributed by atoms with van der Waals surface area (Å²) in [6, 6.07) is 0. The molecule has 0 aromatic rings. The van der Waals surface area contributed by atoms with Gasteiger partial charge in [-0.3, -0.25) is 14.9 Å². The second-order valence-corrected chi connectivity index (χ2v) is 2.88. The number of hydrogen-bond donors (Lipinski definition) is 0. The first-order valence-electron chi connectivity index (χ1n) is 4.34. The zero-order valence-electron chi connectivity index (χ0n) is 8.97. The molecule has 0 radical (unpaired) electrons. The fraction of sp³-hybridized carbons (Fsp3) is 0.875. The topological polar surface area (TPSA) is 87.9 Å². The summed E-state index contributed by atoms with van der Waals surface area (Å²) in [4.78, 5) is 20.4. The van der Waals surface area contributed by atoms with Crippen molar-refractivity contribution in [2.24, 2.45) is 0 Å². The van der Waals surface area contributed by atoms with Gasteiger partial charge in [0.05, 0.1) is 0 Å². The Hall–Kier alpha value is -1.21. The largest absolute Gasteiger partial charge is 0.455 e. The van der Waals surface area contributed by atoms with Crippen molar-refractivity contribution < 1.29 is 23.9 Å². The van der Waals surface area contributed by atoms with Crippen LogP contribution in [-0.2, 0) is 19.0 Å². The molecule has 0 saturated carbocycles. The number of ether oxygens (including phenoxy) is 3. The normalized spacial score (nSPS) is 12.5. The molecule has 1 unspecified atom stereocenters. The molecular formula is C8H15NO6. The van der Waals surface area contributed by atoms with Crippen molar-refractivity contribution >= 4 is 5.97 Å². The summed E-state index contributed by atoms with van der Waals surface area (Å²) in [5.74, 6) is -0.562. The van der Waals surface area contributed by atoms with Gasteiger partial charge in [-0.25, -0.2) is 0 Å². The van der Waals surface area contributed by atoms with Crippen molar-refractivity contribution in [2.75, 3.05) is 20.8 Å². The molecule has 0 aliphatic heterocycles. The Kier molecular flexibility index (Phi) is 6.56. The van der Waals surface area contributed by atoms with Gasteiger partial charge in [0.1, 0.15) is 0 Å². The monoisotopic (exact) mass is 221 g/mol. The maximum atomic E-state index is 10.7. The molecule has 15 heavy (non-hydrogen) atoms. The van der Waals surface area contributed by atoms with E-state index < -0.39 is 29.8 Å². The Morgan fingerprint density at radius 1 is 1.40 bits per heavy atom. The summed E-state index contributed by atoms with van der Waals surface area (Å²) < 4.78 is 14.5. The number of rotatable bonds is 7. The number of carbonyl (C=O) groups is 1. The van der Waals surface area contributed by atoms with Gasteiger partial charge in [-0.1, -0.05) is 0 Å². The van der Waals surface area contributed by atoms with Crippen molar-refractivity contribution in [2.45, 2.75) is 25.7 Å². The van der Waals surface area contributed by atoms with Crippen LogP contribution in [0.4, 0.5) is 0 Å². The molecule has 0 rings (SSSR count). The van der Waals surface area contributed by atoms with Crippen LogP contribution in [0, 0.1) is 10.1 Å². The van der Waals surface area contributed by atoms with E-state index in [1.165, 1.54) is 21.1 Å². The molecule has 0 aliphatic carbocycles. The number of carbonyl (C=O) groups excluding carboxylic acids is 1. The van der Waals surface area contributed by atoms with E-state index in [9.17, 15) is 14.9 Å². The smallest absolute Gasteiger partial charge is 0.303 e. The zero-order chi connectivity index (χ0) is 11.8. The predicted molar refractivity (Wildman–Crippen MR) is 49.8 cm³/mol. The Balaban J connectivity index is 4.21. The predicted octanol–water partition coefficient (Wildman–Crippen LogP) is 0.204. The second kappa shape index (κ2) is 7.13. The van der Waals surface area contributed by atoms with Crippen LogP contribution < -0.4 is 0 Å². The minimum absolute atomic E-state index is 0.133. The van der Waals surface area contributed by atoms with Gasteiger partial charge >= 0.3 is 5.97 Å². The van der Waals surface area contributed by atoms with Gasteiger partial charge in [-0.05, 0) is 0 Å². The van der Waals surface area contributed by atoms with Crippen molar-refractivity contribution in [3.63, 3.8) is 0 Å². The molecule has 0 N–H and O–H groups in total. The van der Waals surface area contributed by atoms with Crippen molar-refractivity contribution in [1.29, 1.82) is 0 Å². The van der Waals surface area contributed by atoms with E-state index in [4.69, 9.17) is 14.2 Å². The summed E-state index contributed by atoms with van der Waals surface area (Å²) in [7, 11) is 2.82. The first-order chi connectivity index (χ1) is 6.99. The molecule has 0 aromatic carbocycles. The van der Waals surface area contributed by atoms with E-state index in [2.05, 4.69) is 0 Å². The lowest BCUT2D eigenvalue weighted by Crippen LogP contribution is -2.31. The van der Waals surface area contributed by atoms with Gasteiger partial charge < -0.3 is 14.2 Å². The third kappa shape index (κ3) is 6.81. The molecule has 7 heteroatoms. The van der Waals surface area contributed by atoms with Crippen molar-refractivity contribution in [1.82, 2.24) is 0 Å². The maximum Gasteiger partial charge on any atom is 0.303 e. The molecule has 0 aliphatic rings. The fourth-order valence-electron chi connectivity index (χ4n) is 1.06. The Morgan fingerprint density at radius 3 is 2.27 bits per heavy atom. The molecule has 0 heterocycles. The van der Waals surface area contributed by atoms with E-state index in [1.807, 2.05) is 0 Å². The van der Waals surface area contributed by atoms with E-state index in [-0.39, 0.29) is 6.42 Å². The van der Waals surface area contributed by atoms with Crippen molar-refractivity contribution in [3.8, 4) is 0 Å². The minimum Gasteiger partial charge on any atom is -0.455 e. The van der Waals surface area contributed by atoms with Gasteiger partial charge in [0.2, 0.25) is 6.54 Å². The van der Waals surface area contributed by atoms with Gasteiger partial charge in [0.15, 0.2) is 12.4 Å². The quantitative estimate of drug-likeness (QED) is 0.264. The lowest BCUT2D eigenvalue weighted by Gasteiger charge is -2.18. The van der Waals surface area contributed by atoms with Crippen LogP contribution in [0.1, 0.15) is 13.3 Å². The fourth-order valence-corrected chi connectivity index (χ4v) is 1.06. The standard InChI is InChI=1S/C8H15NO6/c1-6(10)15-7(5-9(11)12)4-8(13-2)14-3/h7-8H,4-5H2,1-3H3. The highest BCUT2D eigenvalue weighted by molar-refractivity contribution is 5.66. The van der Waals surface area contributed by atoms with Crippen LogP contribution in [0.5, 0.6) is 0 Å². The molecule has 88 valence electrons. The number of methoxy groups -OCH3 is 2. The van der Waals surface area contributed by atoms with Crippen LogP contribution in [0.3, 0.4) is 0 Å². The second-order valence-electron chi connectivity index (χ2n) is 2.88. The highest BCUT2D eigenvalue weighted by Crippen LogP contribution is 2.07. The third-order valence-corrected chi connectivity index (χ3v) is 1.67. The van der Waals surface area contributed by atoms with Gasteiger partial charge in [0.25, 0.3) is 0 Å². The molecule has 0 fully saturated rings. The first kappa shape index (κ1) is 13.8. The number of nitrogens with zero attached hydrogens (tertiary/aromatic N) is 1. The van der Waals surface area contributed by atoms with E-state index >= 15 is 0 Å². The molecule has 0 saturated heterocycles. The summed E-state index contributed by atoms with van der Waals surface area (Å²) in [6.45, 7) is 0.740. The van der Waals surface area contributed by atoms with Gasteiger partial charge in [-0.15, -0.1) is 0 Å². The Morgan fingerprint density at radius 2 is 1.93 bits per heavy atom. The average molecular weight is 221 g/mol. The number of nitro groups is 1. The van der Waals surface area contributed by atoms with Crippen molar-refractivity contribution in [3.05, 3.63) is 10.1 Å². The van der Waals surface area contributed by atoms with E-state index in [1.54, 1.807) is 0 Å². The molecule has 0 bridgehead atoms. The van der Waals surface area contributed by atoms with Crippen LogP contribution in [0.15, 0.2) is 0 Å². The lowest BCUT2D eigenvalue weighted by molar-refractivity contribution is -0.491. The minimum atomic E-state index is -0.831. The Bertz CT molecular complexity index is 199. The lowest BCUT2D eigenvalue weighted by atomic mass is 10.2. The van der Waals surface area contributed by atoms with Crippen LogP contribution in [-0.4, -0.2) is 44.1 Å². The first-order valence-corrected chi connectivity index (χ1v) is 4.34. The third-order valence-electron chi connectivity index (χ3n) is 1.67. The number of hydrogen-bond acceptors (Lipinski definition) is 6. The van der Waals surface area contributed by atoms with Crippen LogP contribution in [0.25, 0.3) is 0 Å². The highest BCUT2D eigenvalue weighted by Gasteiger charge is 2.23. The molecular weight excluding hydrogens is 206 g/mol. The summed E-state index contributed by atoms with van der Waals surface area (Å²) >= 11 is 0. The maximum absolute atomic E-state index is 10.7. The molecule has 1 atom stereocenters. The molecule has 0 aromatic heterocycles. The van der Waals surface area contributed by atoms with Gasteiger partial charge in [0, 0.05) is 32.5 Å². The summed E-state index contributed by atoms with van der Waals surface area (Å²) in [5, 5.41) is 10.3. The molecule has 0 spiro atoms. The Labute approximate surface area is 87.4 Å². The summed E-state index contributed by atoms with van der Waals surface area (Å²) in [5.41, 5.74) is 0. The SMILES string of the molecule is COC(CC(C[N+](=O)[O-])OC(C)=O)OC. The van der Waals surface area contributed by atoms with Crippen LogP contribution >= 0.6 is 0 Å². The summed E-state index contributed by atoms with van der Waals surface area (Å²) in [6.07, 6.45) is -1.32. The highest BCUT2D eigenvalue weighted by atomic mass is 16.7. The van der Waals surface area contributed by atoms with E-state index in [0.29, 0.717) is 0 Å². The molecule has 0 amide bonds. The van der Waals surface area contributed by atoms with Gasteiger partial charge in [-0.2, -0.15) is 0 Å². The average Bonchev–Trinajstić information content (AvgIpc) is 2.11. The molecule has 7 nitrogen and oxygen atoms in total. The van der Waals surface area contributed by atoms with E-state index in [0.717, 1.165) is 0 Å². The van der Waals surface area contributed by atoms with Crippen LogP contribution in [0.2, 0.25) is 0 Å².